The Balaban J connectivity index is 2.53. The van der Waals surface area contributed by atoms with Crippen LogP contribution in [0.3, 0.4) is 0 Å². The Morgan fingerprint density at radius 1 is 1.22 bits per heavy atom. The number of hydrogen-bond donors (Lipinski definition) is 3. The molecule has 2 amide bonds. The van der Waals surface area contributed by atoms with Gasteiger partial charge in [0.2, 0.25) is 5.69 Å². The molecule has 2 rings (SSSR count). The third-order valence-corrected chi connectivity index (χ3v) is 6.42. The van der Waals surface area contributed by atoms with Crippen molar-refractivity contribution in [2.45, 2.75) is 20.4 Å². The number of carbonyl (C=O) groups is 2. The van der Waals surface area contributed by atoms with E-state index in [1.165, 1.54) is 32.1 Å². The van der Waals surface area contributed by atoms with E-state index >= 15 is 0 Å². The summed E-state index contributed by atoms with van der Waals surface area (Å²) in [6.45, 7) is 9.31. The van der Waals surface area contributed by atoms with Gasteiger partial charge in [-0.2, -0.15) is 13.7 Å². The van der Waals surface area contributed by atoms with E-state index in [0.717, 1.165) is 4.57 Å². The number of nitrogens with zero attached hydrogens (tertiary/aromatic N) is 4. The van der Waals surface area contributed by atoms with Crippen LogP contribution in [0.25, 0.3) is 10.9 Å². The molecule has 0 spiro atoms. The molecule has 196 valence electrons. The summed E-state index contributed by atoms with van der Waals surface area (Å²) < 4.78 is 36.3. The Hall–Kier alpha value is -3.77. The lowest BCUT2D eigenvalue weighted by Crippen LogP contribution is -2.44. The first-order valence-corrected chi connectivity index (χ1v) is 12.7. The molecule has 1 aliphatic heterocycles. The predicted octanol–water partition coefficient (Wildman–Crippen LogP) is 1.52. The number of imide groups is 1. The molecule has 16 heteroatoms. The lowest BCUT2D eigenvalue weighted by Gasteiger charge is -2.26. The Labute approximate surface area is 214 Å². The molecule has 1 aromatic heterocycles. The van der Waals surface area contributed by atoms with Crippen molar-refractivity contribution >= 4 is 45.7 Å². The molecule has 0 radical (unpaired) electrons. The van der Waals surface area contributed by atoms with Gasteiger partial charge in [-0.15, -0.1) is 4.33 Å². The summed E-state index contributed by atoms with van der Waals surface area (Å²) in [6, 6.07) is 1.67. The number of rotatable bonds is 10. The van der Waals surface area contributed by atoms with Crippen molar-refractivity contribution in [3.05, 3.63) is 61.8 Å². The molecule has 0 aliphatic carbocycles. The number of amides is 2. The fraction of sp³-hybridized carbons (Fsp3) is 0.286. The molecule has 0 unspecified atom stereocenters. The van der Waals surface area contributed by atoms with Crippen LogP contribution < -0.4 is 5.56 Å². The van der Waals surface area contributed by atoms with Gasteiger partial charge < -0.3 is 5.11 Å². The summed E-state index contributed by atoms with van der Waals surface area (Å²) in [5, 5.41) is 31.4. The minimum atomic E-state index is -4.50. The molecule has 37 heavy (non-hydrogen) atoms. The van der Waals surface area contributed by atoms with Gasteiger partial charge in [-0.1, -0.05) is 17.2 Å². The molecule has 2 heterocycles. The summed E-state index contributed by atoms with van der Waals surface area (Å²) in [4.78, 5) is 42.1. The predicted molar refractivity (Wildman–Crippen MR) is 129 cm³/mol. The third-order valence-electron chi connectivity index (χ3n) is 5.21. The maximum absolute atomic E-state index is 13.0. The molecular weight excluding hydrogens is 532 g/mol. The van der Waals surface area contributed by atoms with Crippen LogP contribution in [0.15, 0.2) is 33.7 Å². The van der Waals surface area contributed by atoms with E-state index in [4.69, 9.17) is 16.4 Å². The highest BCUT2D eigenvalue weighted by molar-refractivity contribution is 7.94. The lowest BCUT2D eigenvalue weighted by molar-refractivity contribution is -0.432. The number of hydrogen-bond acceptors (Lipinski definition) is 11. The number of allylic oxidation sites excluding steroid dienone is 2. The van der Waals surface area contributed by atoms with Gasteiger partial charge in [0, 0.05) is 42.0 Å². The minimum absolute atomic E-state index is 0.00493. The number of pyridine rings is 1. The van der Waals surface area contributed by atoms with Crippen LogP contribution in [-0.2, 0) is 35.6 Å². The largest absolute Gasteiger partial charge is 0.503 e. The second kappa shape index (κ2) is 12.5. The Morgan fingerprint density at radius 3 is 2.46 bits per heavy atom. The monoisotopic (exact) mass is 552 g/mol. The first-order valence-electron chi connectivity index (χ1n) is 10.1. The maximum atomic E-state index is 13.0. The van der Waals surface area contributed by atoms with Gasteiger partial charge in [0.25, 0.3) is 27.5 Å². The number of nitriles is 1. The molecule has 1 aromatic rings. The van der Waals surface area contributed by atoms with Gasteiger partial charge in [0.1, 0.15) is 11.6 Å². The Kier molecular flexibility index (Phi) is 9.92. The molecule has 0 saturated carbocycles. The first kappa shape index (κ1) is 29.5. The molecule has 14 nitrogen and oxygen atoms in total. The normalized spacial score (nSPS) is 15.5. The molecule has 0 fully saturated rings. The molecule has 3 N–H and O–H groups in total. The van der Waals surface area contributed by atoms with Crippen molar-refractivity contribution in [1.29, 1.82) is 5.26 Å². The molecule has 0 atom stereocenters. The van der Waals surface area contributed by atoms with Gasteiger partial charge in [-0.3, -0.25) is 28.4 Å². The zero-order chi connectivity index (χ0) is 27.9. The molecular formula is C21H20N4O10S2. The topological polar surface area (TPSA) is 201 Å². The number of aromatic hydroxyl groups is 1. The summed E-state index contributed by atoms with van der Waals surface area (Å²) >= 11 is 0.632. The summed E-state index contributed by atoms with van der Waals surface area (Å²) in [5.41, 5.74) is -1.26. The highest BCUT2D eigenvalue weighted by Crippen LogP contribution is 2.31. The van der Waals surface area contributed by atoms with Gasteiger partial charge in [-0.25, -0.2) is 10.1 Å². The smallest absolute Gasteiger partial charge is 0.271 e. The number of carbonyl (C=O) groups excluding carboxylic acids is 2. The van der Waals surface area contributed by atoms with Crippen LogP contribution in [-0.4, -0.2) is 62.7 Å². The highest BCUT2D eigenvalue weighted by Gasteiger charge is 2.35. The van der Waals surface area contributed by atoms with E-state index in [-0.39, 0.29) is 40.3 Å². The molecule has 0 saturated heterocycles. The lowest BCUT2D eigenvalue weighted by atomic mass is 9.95. The van der Waals surface area contributed by atoms with Crippen molar-refractivity contribution in [1.82, 2.24) is 9.47 Å². The van der Waals surface area contributed by atoms with E-state index in [0.29, 0.717) is 16.9 Å². The van der Waals surface area contributed by atoms with Gasteiger partial charge in [-0.05, 0) is 31.1 Å². The van der Waals surface area contributed by atoms with Gasteiger partial charge >= 0.3 is 0 Å². The van der Waals surface area contributed by atoms with Crippen LogP contribution in [0, 0.1) is 24.8 Å². The van der Waals surface area contributed by atoms with Gasteiger partial charge in [0.15, 0.2) is 5.88 Å². The third kappa shape index (κ3) is 6.71. The molecule has 0 aromatic carbocycles. The van der Waals surface area contributed by atoms with E-state index in [1.54, 1.807) is 6.07 Å². The average Bonchev–Trinajstić information content (AvgIpc) is 2.82. The zero-order valence-corrected chi connectivity index (χ0v) is 21.0. The summed E-state index contributed by atoms with van der Waals surface area (Å²) in [7, 11) is -4.50. The van der Waals surface area contributed by atoms with Crippen molar-refractivity contribution in [2.75, 3.05) is 18.1 Å². The first-order chi connectivity index (χ1) is 17.4. The highest BCUT2D eigenvalue weighted by atomic mass is 32.2. The van der Waals surface area contributed by atoms with E-state index < -0.39 is 51.2 Å². The Bertz CT molecular complexity index is 1460. The zero-order valence-electron chi connectivity index (χ0n) is 19.4. The van der Waals surface area contributed by atoms with E-state index in [9.17, 15) is 33.2 Å². The fourth-order valence-corrected chi connectivity index (χ4v) is 4.13. The van der Waals surface area contributed by atoms with Crippen molar-refractivity contribution in [3.8, 4) is 11.9 Å². The SMILES string of the molecule is [C-]#[N+]c1c(C)c(C=CC=C2C(=O)N(CCS(=O)(=O)O)C(=O)C(C#N)=C2C)c(=O)n(CCSOOO)c1O. The van der Waals surface area contributed by atoms with Crippen LogP contribution in [0.4, 0.5) is 5.69 Å². The second-order valence-electron chi connectivity index (χ2n) is 7.34. The van der Waals surface area contributed by atoms with E-state index in [1.807, 2.05) is 0 Å². The summed E-state index contributed by atoms with van der Waals surface area (Å²) in [5.74, 6) is -3.39. The van der Waals surface area contributed by atoms with Crippen molar-refractivity contribution < 1.29 is 42.3 Å². The summed E-state index contributed by atoms with van der Waals surface area (Å²) in [6.07, 6.45) is 3.73. The Morgan fingerprint density at radius 2 is 1.89 bits per heavy atom. The standard InChI is InChI=1S/C21H20N4O10S2/c1-12-14(18(26)25(8-10-37(31,32)33)20(28)16(12)11-22)5-4-6-15-13(2)17(23-3)21(29)24(19(15)27)7-9-36-35-34-30/h4-6,29-30H,7-10H2,1-2H3,(H,31,32,33). The van der Waals surface area contributed by atoms with Crippen LogP contribution in [0.1, 0.15) is 18.1 Å². The molecule has 0 bridgehead atoms. The van der Waals surface area contributed by atoms with Crippen LogP contribution in [0.2, 0.25) is 0 Å². The van der Waals surface area contributed by atoms with Crippen LogP contribution in [0.5, 0.6) is 5.88 Å². The quantitative estimate of drug-likeness (QED) is 0.0553. The van der Waals surface area contributed by atoms with Gasteiger partial charge in [0.05, 0.1) is 12.3 Å². The fourth-order valence-electron chi connectivity index (χ4n) is 3.35. The maximum Gasteiger partial charge on any atom is 0.271 e. The van der Waals surface area contributed by atoms with E-state index in [2.05, 4.69) is 14.2 Å². The second-order valence-corrected chi connectivity index (χ2v) is 9.70. The molecule has 1 aliphatic rings. The average molecular weight is 553 g/mol. The van der Waals surface area contributed by atoms with Crippen molar-refractivity contribution in [3.63, 3.8) is 0 Å². The van der Waals surface area contributed by atoms with Crippen LogP contribution >= 0.6 is 12.0 Å². The van der Waals surface area contributed by atoms with Crippen molar-refractivity contribution in [2.24, 2.45) is 0 Å². The minimum Gasteiger partial charge on any atom is -0.503 e. The number of aromatic nitrogens is 1.